The topological polar surface area (TPSA) is 59.2 Å². The number of aromatic nitrogens is 1. The van der Waals surface area contributed by atoms with Gasteiger partial charge in [0.25, 0.3) is 5.91 Å². The van der Waals surface area contributed by atoms with Crippen LogP contribution >= 0.6 is 0 Å². The minimum absolute atomic E-state index is 0.0401. The summed E-state index contributed by atoms with van der Waals surface area (Å²) in [6, 6.07) is 2.04. The molecule has 0 radical (unpaired) electrons. The van der Waals surface area contributed by atoms with E-state index in [0.717, 1.165) is 18.7 Å². The molecule has 1 fully saturated rings. The summed E-state index contributed by atoms with van der Waals surface area (Å²) in [4.78, 5) is 17.2. The molecule has 110 valence electrons. The van der Waals surface area contributed by atoms with Crippen molar-refractivity contribution >= 4 is 5.91 Å². The molecule has 20 heavy (non-hydrogen) atoms. The largest absolute Gasteiger partial charge is 0.433 e. The zero-order valence-corrected chi connectivity index (χ0v) is 11.0. The highest BCUT2D eigenvalue weighted by Gasteiger charge is 2.34. The van der Waals surface area contributed by atoms with Crippen molar-refractivity contribution in [3.8, 4) is 0 Å². The number of rotatable bonds is 2. The first-order valence-electron chi connectivity index (χ1n) is 6.37. The molecular formula is C13H16F3N3O. The fraction of sp³-hybridized carbons (Fsp3) is 0.538. The smallest absolute Gasteiger partial charge is 0.336 e. The van der Waals surface area contributed by atoms with Gasteiger partial charge in [-0.1, -0.05) is 0 Å². The van der Waals surface area contributed by atoms with Crippen LogP contribution in [0.25, 0.3) is 0 Å². The van der Waals surface area contributed by atoms with Crippen LogP contribution in [0.5, 0.6) is 0 Å². The SMILES string of the molecule is CC1CC(CN)CN1C(=O)c1ccc(C(F)(F)F)nc1. The maximum absolute atomic E-state index is 12.4. The van der Waals surface area contributed by atoms with E-state index in [9.17, 15) is 18.0 Å². The van der Waals surface area contributed by atoms with Gasteiger partial charge >= 0.3 is 6.18 Å². The predicted molar refractivity (Wildman–Crippen MR) is 66.9 cm³/mol. The number of carbonyl (C=O) groups excluding carboxylic acids is 1. The molecule has 4 nitrogen and oxygen atoms in total. The molecule has 0 spiro atoms. The van der Waals surface area contributed by atoms with Crippen LogP contribution in [-0.4, -0.2) is 34.9 Å². The molecule has 7 heteroatoms. The van der Waals surface area contributed by atoms with Crippen molar-refractivity contribution < 1.29 is 18.0 Å². The number of halogens is 3. The fourth-order valence-electron chi connectivity index (χ4n) is 2.45. The summed E-state index contributed by atoms with van der Waals surface area (Å²) in [6.07, 6.45) is -2.70. The van der Waals surface area contributed by atoms with E-state index >= 15 is 0 Å². The Morgan fingerprint density at radius 3 is 2.65 bits per heavy atom. The molecule has 1 aromatic rings. The van der Waals surface area contributed by atoms with Gasteiger partial charge in [0.15, 0.2) is 0 Å². The summed E-state index contributed by atoms with van der Waals surface area (Å²) in [5.41, 5.74) is 4.76. The number of hydrogen-bond donors (Lipinski definition) is 1. The van der Waals surface area contributed by atoms with E-state index in [4.69, 9.17) is 5.73 Å². The van der Waals surface area contributed by atoms with Gasteiger partial charge in [-0.2, -0.15) is 13.2 Å². The van der Waals surface area contributed by atoms with Crippen LogP contribution in [0, 0.1) is 5.92 Å². The maximum atomic E-state index is 12.4. The van der Waals surface area contributed by atoms with E-state index in [1.165, 1.54) is 6.07 Å². The Kier molecular flexibility index (Phi) is 3.99. The number of likely N-dealkylation sites (tertiary alicyclic amines) is 1. The molecule has 1 saturated heterocycles. The highest BCUT2D eigenvalue weighted by molar-refractivity contribution is 5.94. The van der Waals surface area contributed by atoms with Crippen LogP contribution in [0.3, 0.4) is 0 Å². The van der Waals surface area contributed by atoms with Gasteiger partial charge in [-0.25, -0.2) is 0 Å². The average Bonchev–Trinajstić information content (AvgIpc) is 2.78. The van der Waals surface area contributed by atoms with Gasteiger partial charge in [0.2, 0.25) is 0 Å². The molecule has 1 amide bonds. The first-order chi connectivity index (χ1) is 9.32. The summed E-state index contributed by atoms with van der Waals surface area (Å²) < 4.78 is 37.2. The van der Waals surface area contributed by atoms with Crippen LogP contribution in [0.2, 0.25) is 0 Å². The monoisotopic (exact) mass is 287 g/mol. The molecule has 0 aliphatic carbocycles. The Morgan fingerprint density at radius 2 is 2.20 bits per heavy atom. The first kappa shape index (κ1) is 14.8. The van der Waals surface area contributed by atoms with Crippen molar-refractivity contribution in [2.24, 2.45) is 11.7 Å². The highest BCUT2D eigenvalue weighted by atomic mass is 19.4. The van der Waals surface area contributed by atoms with Crippen LogP contribution in [0.4, 0.5) is 13.2 Å². The van der Waals surface area contributed by atoms with E-state index in [1.807, 2.05) is 6.92 Å². The van der Waals surface area contributed by atoms with E-state index in [0.29, 0.717) is 13.1 Å². The molecule has 1 aliphatic rings. The van der Waals surface area contributed by atoms with Crippen molar-refractivity contribution in [2.75, 3.05) is 13.1 Å². The third kappa shape index (κ3) is 2.92. The Hall–Kier alpha value is -1.63. The fourth-order valence-corrected chi connectivity index (χ4v) is 2.45. The van der Waals surface area contributed by atoms with Gasteiger partial charge in [0, 0.05) is 18.8 Å². The number of alkyl halides is 3. The molecule has 0 saturated carbocycles. The molecule has 2 unspecified atom stereocenters. The minimum atomic E-state index is -4.49. The number of pyridine rings is 1. The quantitative estimate of drug-likeness (QED) is 0.904. The summed E-state index contributed by atoms with van der Waals surface area (Å²) in [6.45, 7) is 2.95. The summed E-state index contributed by atoms with van der Waals surface area (Å²) in [5, 5.41) is 0. The number of hydrogen-bond acceptors (Lipinski definition) is 3. The van der Waals surface area contributed by atoms with Crippen molar-refractivity contribution in [3.05, 3.63) is 29.6 Å². The molecule has 2 rings (SSSR count). The predicted octanol–water partition coefficient (Wildman–Crippen LogP) is 1.91. The highest BCUT2D eigenvalue weighted by Crippen LogP contribution is 2.28. The number of nitrogens with two attached hydrogens (primary N) is 1. The van der Waals surface area contributed by atoms with Gasteiger partial charge in [0.1, 0.15) is 5.69 Å². The molecular weight excluding hydrogens is 271 g/mol. The first-order valence-corrected chi connectivity index (χ1v) is 6.37. The third-order valence-electron chi connectivity index (χ3n) is 3.56. The van der Waals surface area contributed by atoms with Crippen molar-refractivity contribution in [1.29, 1.82) is 0 Å². The van der Waals surface area contributed by atoms with E-state index < -0.39 is 11.9 Å². The lowest BCUT2D eigenvalue weighted by atomic mass is 10.1. The van der Waals surface area contributed by atoms with E-state index in [1.54, 1.807) is 4.90 Å². The van der Waals surface area contributed by atoms with Crippen molar-refractivity contribution in [1.82, 2.24) is 9.88 Å². The summed E-state index contributed by atoms with van der Waals surface area (Å²) >= 11 is 0. The minimum Gasteiger partial charge on any atom is -0.336 e. The van der Waals surface area contributed by atoms with Gasteiger partial charge in [-0.3, -0.25) is 9.78 Å². The Labute approximate surface area is 114 Å². The summed E-state index contributed by atoms with van der Waals surface area (Å²) in [5.74, 6) is -0.0500. The second-order valence-electron chi connectivity index (χ2n) is 5.07. The zero-order valence-electron chi connectivity index (χ0n) is 11.0. The lowest BCUT2D eigenvalue weighted by Gasteiger charge is -2.21. The Morgan fingerprint density at radius 1 is 1.50 bits per heavy atom. The van der Waals surface area contributed by atoms with Crippen LogP contribution in [0.15, 0.2) is 18.3 Å². The number of nitrogens with zero attached hydrogens (tertiary/aromatic N) is 2. The maximum Gasteiger partial charge on any atom is 0.433 e. The molecule has 2 heterocycles. The van der Waals surface area contributed by atoms with E-state index in [-0.39, 0.29) is 23.4 Å². The van der Waals surface area contributed by atoms with Gasteiger partial charge in [0.05, 0.1) is 5.56 Å². The van der Waals surface area contributed by atoms with E-state index in [2.05, 4.69) is 4.98 Å². The summed E-state index contributed by atoms with van der Waals surface area (Å²) in [7, 11) is 0. The van der Waals surface area contributed by atoms with Crippen LogP contribution in [-0.2, 0) is 6.18 Å². The van der Waals surface area contributed by atoms with Gasteiger partial charge in [-0.05, 0) is 37.9 Å². The molecule has 2 N–H and O–H groups in total. The molecule has 1 aromatic heterocycles. The Balaban J connectivity index is 2.14. The molecule has 1 aliphatic heterocycles. The number of amides is 1. The second-order valence-corrected chi connectivity index (χ2v) is 5.07. The second kappa shape index (κ2) is 5.40. The van der Waals surface area contributed by atoms with Crippen LogP contribution in [0.1, 0.15) is 29.4 Å². The zero-order chi connectivity index (χ0) is 14.9. The van der Waals surface area contributed by atoms with Crippen molar-refractivity contribution in [3.63, 3.8) is 0 Å². The standard InChI is InChI=1S/C13H16F3N3O/c1-8-4-9(5-17)7-19(8)12(20)10-2-3-11(18-6-10)13(14,15)16/h2-3,6,8-9H,4-5,7,17H2,1H3. The molecule has 2 atom stereocenters. The van der Waals surface area contributed by atoms with Crippen molar-refractivity contribution in [2.45, 2.75) is 25.6 Å². The van der Waals surface area contributed by atoms with Gasteiger partial charge < -0.3 is 10.6 Å². The lowest BCUT2D eigenvalue weighted by molar-refractivity contribution is -0.141. The third-order valence-corrected chi connectivity index (χ3v) is 3.56. The molecule has 0 bridgehead atoms. The normalized spacial score (nSPS) is 23.1. The Bertz CT molecular complexity index is 487. The molecule has 0 aromatic carbocycles. The average molecular weight is 287 g/mol. The van der Waals surface area contributed by atoms with Gasteiger partial charge in [-0.15, -0.1) is 0 Å². The van der Waals surface area contributed by atoms with Crippen LogP contribution < -0.4 is 5.73 Å². The number of carbonyl (C=O) groups is 1. The lowest BCUT2D eigenvalue weighted by Crippen LogP contribution is -2.34.